The summed E-state index contributed by atoms with van der Waals surface area (Å²) in [6, 6.07) is 0.554. The van der Waals surface area contributed by atoms with Crippen LogP contribution in [0.15, 0.2) is 24.0 Å². The van der Waals surface area contributed by atoms with Gasteiger partial charge in [-0.15, -0.1) is 0 Å². The Bertz CT molecular complexity index is 321. The predicted octanol–water partition coefficient (Wildman–Crippen LogP) is 2.25. The number of hydrogen-bond donors (Lipinski definition) is 0. The summed E-state index contributed by atoms with van der Waals surface area (Å²) in [5.74, 6) is 0. The molecule has 1 rings (SSSR count). The second-order valence-corrected chi connectivity index (χ2v) is 7.69. The molecule has 1 aliphatic rings. The van der Waals surface area contributed by atoms with Crippen molar-refractivity contribution < 1.29 is 3.78 Å². The Labute approximate surface area is 97.2 Å². The molecule has 1 heterocycles. The summed E-state index contributed by atoms with van der Waals surface area (Å²) in [6.45, 7) is 14.3. The molecule has 0 saturated carbocycles. The molecule has 1 aliphatic heterocycles. The van der Waals surface area contributed by atoms with Gasteiger partial charge in [0, 0.05) is 0 Å². The van der Waals surface area contributed by atoms with Crippen molar-refractivity contribution in [3.63, 3.8) is 0 Å². The quantitative estimate of drug-likeness (QED) is 0.718. The molecule has 0 saturated heterocycles. The van der Waals surface area contributed by atoms with Crippen molar-refractivity contribution in [2.45, 2.75) is 46.7 Å². The fourth-order valence-electron chi connectivity index (χ4n) is 1.95. The van der Waals surface area contributed by atoms with Crippen molar-refractivity contribution in [2.24, 2.45) is 0 Å². The summed E-state index contributed by atoms with van der Waals surface area (Å²) in [5, 5.41) is 0. The summed E-state index contributed by atoms with van der Waals surface area (Å²) in [4.78, 5) is 0. The molecule has 0 bridgehead atoms. The zero-order chi connectivity index (χ0) is 11.7. The minimum absolute atomic E-state index is 0.260. The van der Waals surface area contributed by atoms with Crippen LogP contribution in [0.2, 0.25) is 0 Å². The molecular weight excluding hydrogens is 249 g/mol. The van der Waals surface area contributed by atoms with Crippen LogP contribution in [0.25, 0.3) is 0 Å². The van der Waals surface area contributed by atoms with Crippen molar-refractivity contribution in [1.29, 1.82) is 0 Å². The van der Waals surface area contributed by atoms with E-state index in [9.17, 15) is 3.78 Å². The Morgan fingerprint density at radius 1 is 1.20 bits per heavy atom. The van der Waals surface area contributed by atoms with Crippen molar-refractivity contribution >= 4 is 14.7 Å². The molecule has 0 spiro atoms. The van der Waals surface area contributed by atoms with E-state index < -0.39 is 14.7 Å². The molecule has 0 aromatic carbocycles. The maximum atomic E-state index is 12.4. The Kier molecular flexibility index (Phi) is 3.76. The standard InChI is InChI=1S/C11H20GeN2O/c1-8(2)13-10(5)7-11(6)14(9(3)4)12(13)15/h7-9H,5H2,1-4,6H3. The first-order chi connectivity index (χ1) is 6.86. The third-order valence-corrected chi connectivity index (χ3v) is 7.75. The van der Waals surface area contributed by atoms with Gasteiger partial charge in [0.05, 0.1) is 0 Å². The number of hydrogen-bond acceptors (Lipinski definition) is 1. The van der Waals surface area contributed by atoms with E-state index in [4.69, 9.17) is 0 Å². The number of allylic oxidation sites excluding steroid dienone is 2. The normalized spacial score (nSPS) is 17.9. The van der Waals surface area contributed by atoms with Gasteiger partial charge in [0.1, 0.15) is 0 Å². The van der Waals surface area contributed by atoms with E-state index >= 15 is 0 Å². The summed E-state index contributed by atoms with van der Waals surface area (Å²) in [7, 11) is 0. The van der Waals surface area contributed by atoms with Gasteiger partial charge < -0.3 is 0 Å². The SMILES string of the molecule is C=C1C=C(C)[N](C(C)C)[Ge](=[O])[N]1C(C)C. The topological polar surface area (TPSA) is 23.6 Å². The van der Waals surface area contributed by atoms with Gasteiger partial charge in [-0.3, -0.25) is 0 Å². The maximum absolute atomic E-state index is 12.4. The molecule has 0 aromatic heterocycles. The average molecular weight is 269 g/mol. The van der Waals surface area contributed by atoms with Gasteiger partial charge in [-0.1, -0.05) is 0 Å². The van der Waals surface area contributed by atoms with Gasteiger partial charge in [-0.2, -0.15) is 0 Å². The summed E-state index contributed by atoms with van der Waals surface area (Å²) < 4.78 is 16.5. The Morgan fingerprint density at radius 2 is 1.67 bits per heavy atom. The van der Waals surface area contributed by atoms with Crippen LogP contribution in [-0.4, -0.2) is 34.5 Å². The molecule has 3 nitrogen and oxygen atoms in total. The zero-order valence-electron chi connectivity index (χ0n) is 10.2. The van der Waals surface area contributed by atoms with E-state index in [0.29, 0.717) is 6.04 Å². The summed E-state index contributed by atoms with van der Waals surface area (Å²) >= 11 is -2.60. The molecule has 0 amide bonds. The molecule has 0 radical (unpaired) electrons. The van der Waals surface area contributed by atoms with E-state index in [1.54, 1.807) is 0 Å². The average Bonchev–Trinajstić information content (AvgIpc) is 1.99. The van der Waals surface area contributed by atoms with E-state index in [0.717, 1.165) is 11.4 Å². The first kappa shape index (κ1) is 12.5. The molecule has 15 heavy (non-hydrogen) atoms. The second kappa shape index (κ2) is 4.51. The van der Waals surface area contributed by atoms with E-state index in [1.807, 2.05) is 16.9 Å². The molecular formula is C11H20GeN2O. The molecule has 0 aromatic rings. The Morgan fingerprint density at radius 3 is 2.07 bits per heavy atom. The molecule has 0 unspecified atom stereocenters. The molecule has 0 fully saturated rings. The molecule has 4 heteroatoms. The van der Waals surface area contributed by atoms with Gasteiger partial charge >= 0.3 is 97.0 Å². The van der Waals surface area contributed by atoms with Crippen molar-refractivity contribution in [1.82, 2.24) is 7.71 Å². The van der Waals surface area contributed by atoms with E-state index in [2.05, 4.69) is 38.1 Å². The van der Waals surface area contributed by atoms with Gasteiger partial charge in [0.15, 0.2) is 0 Å². The fourth-order valence-corrected chi connectivity index (χ4v) is 5.71. The molecule has 0 atom stereocenters. The number of nitrogens with zero attached hydrogens (tertiary/aromatic N) is 2. The minimum atomic E-state index is -2.60. The van der Waals surface area contributed by atoms with Crippen LogP contribution >= 0.6 is 0 Å². The van der Waals surface area contributed by atoms with E-state index in [1.165, 1.54) is 0 Å². The van der Waals surface area contributed by atoms with Crippen LogP contribution in [0.1, 0.15) is 34.6 Å². The molecule has 84 valence electrons. The third-order valence-electron chi connectivity index (χ3n) is 2.51. The van der Waals surface area contributed by atoms with Crippen LogP contribution in [0.5, 0.6) is 0 Å². The van der Waals surface area contributed by atoms with Crippen molar-refractivity contribution in [2.75, 3.05) is 0 Å². The van der Waals surface area contributed by atoms with Gasteiger partial charge in [0.2, 0.25) is 0 Å². The van der Waals surface area contributed by atoms with Gasteiger partial charge in [0.25, 0.3) is 0 Å². The number of rotatable bonds is 2. The van der Waals surface area contributed by atoms with Crippen LogP contribution in [-0.2, 0) is 3.78 Å². The first-order valence-electron chi connectivity index (χ1n) is 5.36. The van der Waals surface area contributed by atoms with Crippen molar-refractivity contribution in [3.05, 3.63) is 24.0 Å². The van der Waals surface area contributed by atoms with Crippen LogP contribution < -0.4 is 0 Å². The molecule has 0 aliphatic carbocycles. The Hall–Kier alpha value is -0.577. The van der Waals surface area contributed by atoms with Gasteiger partial charge in [-0.05, 0) is 0 Å². The summed E-state index contributed by atoms with van der Waals surface area (Å²) in [6.07, 6.45) is 2.02. The second-order valence-electron chi connectivity index (χ2n) is 4.49. The zero-order valence-corrected chi connectivity index (χ0v) is 12.3. The van der Waals surface area contributed by atoms with Crippen LogP contribution in [0.4, 0.5) is 0 Å². The summed E-state index contributed by atoms with van der Waals surface area (Å²) in [5.41, 5.74) is 1.97. The van der Waals surface area contributed by atoms with E-state index in [-0.39, 0.29) is 6.04 Å². The molecule has 0 N–H and O–H groups in total. The fraction of sp³-hybridized carbons (Fsp3) is 0.636. The van der Waals surface area contributed by atoms with Crippen molar-refractivity contribution in [3.8, 4) is 0 Å². The van der Waals surface area contributed by atoms with Gasteiger partial charge in [-0.25, -0.2) is 0 Å². The van der Waals surface area contributed by atoms with Crippen LogP contribution in [0, 0.1) is 0 Å². The first-order valence-corrected chi connectivity index (χ1v) is 8.09. The monoisotopic (exact) mass is 270 g/mol. The Balaban J connectivity index is 3.10. The van der Waals surface area contributed by atoms with Crippen LogP contribution in [0.3, 0.4) is 0 Å². The predicted molar refractivity (Wildman–Crippen MR) is 63.3 cm³/mol. The third kappa shape index (κ3) is 2.33.